The second-order valence-corrected chi connectivity index (χ2v) is 5.78. The summed E-state index contributed by atoms with van der Waals surface area (Å²) in [7, 11) is 0. The van der Waals surface area contributed by atoms with Crippen LogP contribution in [0.2, 0.25) is 0 Å². The van der Waals surface area contributed by atoms with Gasteiger partial charge in [0.15, 0.2) is 0 Å². The number of hydrogen-bond donors (Lipinski definition) is 1. The number of carboxylic acids is 1. The van der Waals surface area contributed by atoms with Gasteiger partial charge in [0, 0.05) is 12.2 Å². The Labute approximate surface area is 107 Å². The lowest BCUT2D eigenvalue weighted by atomic mass is 10.0. The molecule has 0 spiro atoms. The first-order valence-electron chi connectivity index (χ1n) is 6.16. The van der Waals surface area contributed by atoms with E-state index in [0.717, 1.165) is 12.8 Å². The highest BCUT2D eigenvalue weighted by Gasteiger charge is 2.40. The van der Waals surface area contributed by atoms with Crippen molar-refractivity contribution in [1.29, 1.82) is 0 Å². The van der Waals surface area contributed by atoms with Crippen LogP contribution in [0.4, 0.5) is 0 Å². The molecule has 1 amide bonds. The number of carbonyl (C=O) groups excluding carboxylic acids is 1. The van der Waals surface area contributed by atoms with Crippen molar-refractivity contribution in [3.05, 3.63) is 0 Å². The van der Waals surface area contributed by atoms with Gasteiger partial charge in [0.1, 0.15) is 6.04 Å². The summed E-state index contributed by atoms with van der Waals surface area (Å²) in [5.74, 6) is -0.0605. The van der Waals surface area contributed by atoms with E-state index < -0.39 is 12.0 Å². The van der Waals surface area contributed by atoms with E-state index in [1.54, 1.807) is 16.7 Å². The number of nitrogens with zero attached hydrogens (tertiary/aromatic N) is 1. The fourth-order valence-electron chi connectivity index (χ4n) is 1.95. The third-order valence-electron chi connectivity index (χ3n) is 3.23. The standard InChI is InChI=1S/C12H21NO3S/c1-4-8(3)6-10(14)13-9(12(15)16)7-17-11(13)5-2/h8-9,11H,4-7H2,1-3H3,(H,15,16). The Bertz CT molecular complexity index is 295. The van der Waals surface area contributed by atoms with Crippen LogP contribution in [0.25, 0.3) is 0 Å². The van der Waals surface area contributed by atoms with Gasteiger partial charge in [-0.05, 0) is 12.3 Å². The molecule has 5 heteroatoms. The van der Waals surface area contributed by atoms with Crippen LogP contribution in [-0.2, 0) is 9.59 Å². The largest absolute Gasteiger partial charge is 0.480 e. The summed E-state index contributed by atoms with van der Waals surface area (Å²) < 4.78 is 0. The highest BCUT2D eigenvalue weighted by molar-refractivity contribution is 8.00. The molecular weight excluding hydrogens is 238 g/mol. The molecule has 4 nitrogen and oxygen atoms in total. The third-order valence-corrected chi connectivity index (χ3v) is 4.69. The highest BCUT2D eigenvalue weighted by atomic mass is 32.2. The Balaban J connectivity index is 2.74. The Morgan fingerprint density at radius 1 is 1.47 bits per heavy atom. The molecule has 0 aromatic carbocycles. The van der Waals surface area contributed by atoms with Crippen LogP contribution < -0.4 is 0 Å². The molecule has 0 aliphatic carbocycles. The van der Waals surface area contributed by atoms with Crippen molar-refractivity contribution in [2.45, 2.75) is 51.4 Å². The normalized spacial score (nSPS) is 25.9. The second-order valence-electron chi connectivity index (χ2n) is 4.57. The highest BCUT2D eigenvalue weighted by Crippen LogP contribution is 2.32. The number of amides is 1. The number of aliphatic carboxylic acids is 1. The molecule has 98 valence electrons. The van der Waals surface area contributed by atoms with E-state index >= 15 is 0 Å². The van der Waals surface area contributed by atoms with E-state index in [4.69, 9.17) is 5.11 Å². The van der Waals surface area contributed by atoms with Crippen LogP contribution in [0.3, 0.4) is 0 Å². The van der Waals surface area contributed by atoms with Gasteiger partial charge in [-0.15, -0.1) is 11.8 Å². The summed E-state index contributed by atoms with van der Waals surface area (Å²) in [6, 6.07) is -0.637. The topological polar surface area (TPSA) is 57.6 Å². The molecule has 1 N–H and O–H groups in total. The van der Waals surface area contributed by atoms with Crippen molar-refractivity contribution < 1.29 is 14.7 Å². The van der Waals surface area contributed by atoms with Crippen LogP contribution in [0.5, 0.6) is 0 Å². The molecule has 1 fully saturated rings. The minimum atomic E-state index is -0.883. The molecule has 1 aliphatic rings. The lowest BCUT2D eigenvalue weighted by molar-refractivity contribution is -0.149. The maximum Gasteiger partial charge on any atom is 0.327 e. The maximum absolute atomic E-state index is 12.1. The molecule has 1 heterocycles. The molecule has 1 saturated heterocycles. The maximum atomic E-state index is 12.1. The van der Waals surface area contributed by atoms with Crippen LogP contribution in [0.1, 0.15) is 40.0 Å². The van der Waals surface area contributed by atoms with E-state index in [9.17, 15) is 9.59 Å². The monoisotopic (exact) mass is 259 g/mol. The van der Waals surface area contributed by atoms with Gasteiger partial charge in [-0.3, -0.25) is 4.79 Å². The second kappa shape index (κ2) is 6.28. The molecule has 0 aromatic rings. The van der Waals surface area contributed by atoms with E-state index in [2.05, 4.69) is 0 Å². The number of carbonyl (C=O) groups is 2. The number of thioether (sulfide) groups is 1. The average molecular weight is 259 g/mol. The van der Waals surface area contributed by atoms with E-state index in [-0.39, 0.29) is 11.3 Å². The molecule has 0 bridgehead atoms. The van der Waals surface area contributed by atoms with Gasteiger partial charge in [-0.25, -0.2) is 4.79 Å². The first kappa shape index (κ1) is 14.4. The van der Waals surface area contributed by atoms with Crippen LogP contribution in [0, 0.1) is 5.92 Å². The Kier molecular flexibility index (Phi) is 5.31. The van der Waals surface area contributed by atoms with E-state index in [1.165, 1.54) is 0 Å². The lowest BCUT2D eigenvalue weighted by Crippen LogP contribution is -2.45. The zero-order valence-corrected chi connectivity index (χ0v) is 11.5. The SMILES string of the molecule is CCC(C)CC(=O)N1C(CC)SCC1C(=O)O. The Morgan fingerprint density at radius 2 is 2.12 bits per heavy atom. The van der Waals surface area contributed by atoms with Crippen molar-refractivity contribution in [3.8, 4) is 0 Å². The molecular formula is C12H21NO3S. The summed E-state index contributed by atoms with van der Waals surface area (Å²) in [6.45, 7) is 6.06. The van der Waals surface area contributed by atoms with Crippen molar-refractivity contribution in [2.75, 3.05) is 5.75 Å². The van der Waals surface area contributed by atoms with Gasteiger partial charge < -0.3 is 10.0 Å². The number of carboxylic acid groups (broad SMARTS) is 1. The van der Waals surface area contributed by atoms with Gasteiger partial charge in [0.05, 0.1) is 5.37 Å². The molecule has 3 unspecified atom stereocenters. The summed E-state index contributed by atoms with van der Waals surface area (Å²) in [6.07, 6.45) is 2.21. The summed E-state index contributed by atoms with van der Waals surface area (Å²) in [4.78, 5) is 24.9. The minimum Gasteiger partial charge on any atom is -0.480 e. The van der Waals surface area contributed by atoms with Crippen LogP contribution in [0.15, 0.2) is 0 Å². The van der Waals surface area contributed by atoms with Crippen LogP contribution in [-0.4, -0.2) is 39.1 Å². The van der Waals surface area contributed by atoms with E-state index in [1.807, 2.05) is 20.8 Å². The lowest BCUT2D eigenvalue weighted by Gasteiger charge is -2.27. The zero-order valence-electron chi connectivity index (χ0n) is 10.7. The van der Waals surface area contributed by atoms with Crippen molar-refractivity contribution in [3.63, 3.8) is 0 Å². The van der Waals surface area contributed by atoms with Crippen molar-refractivity contribution in [1.82, 2.24) is 4.90 Å². The quantitative estimate of drug-likeness (QED) is 0.822. The van der Waals surface area contributed by atoms with Gasteiger partial charge in [-0.2, -0.15) is 0 Å². The molecule has 0 aromatic heterocycles. The van der Waals surface area contributed by atoms with Crippen molar-refractivity contribution in [2.24, 2.45) is 5.92 Å². The third kappa shape index (κ3) is 3.37. The molecule has 0 radical (unpaired) electrons. The predicted molar refractivity (Wildman–Crippen MR) is 68.9 cm³/mol. The van der Waals surface area contributed by atoms with Crippen molar-refractivity contribution >= 4 is 23.6 Å². The van der Waals surface area contributed by atoms with Gasteiger partial charge >= 0.3 is 5.97 Å². The van der Waals surface area contributed by atoms with Gasteiger partial charge in [0.2, 0.25) is 5.91 Å². The molecule has 1 aliphatic heterocycles. The molecule has 1 rings (SSSR count). The van der Waals surface area contributed by atoms with Gasteiger partial charge in [0.25, 0.3) is 0 Å². The average Bonchev–Trinajstić information content (AvgIpc) is 2.72. The molecule has 3 atom stereocenters. The summed E-state index contributed by atoms with van der Waals surface area (Å²) >= 11 is 1.57. The van der Waals surface area contributed by atoms with E-state index in [0.29, 0.717) is 18.1 Å². The fourth-order valence-corrected chi connectivity index (χ4v) is 3.32. The number of hydrogen-bond acceptors (Lipinski definition) is 3. The predicted octanol–water partition coefficient (Wildman–Crippen LogP) is 2.19. The van der Waals surface area contributed by atoms with Gasteiger partial charge in [-0.1, -0.05) is 27.2 Å². The fraction of sp³-hybridized carbons (Fsp3) is 0.833. The minimum absolute atomic E-state index is 0.0106. The summed E-state index contributed by atoms with van der Waals surface area (Å²) in [5.41, 5.74) is 0. The first-order valence-corrected chi connectivity index (χ1v) is 7.21. The smallest absolute Gasteiger partial charge is 0.327 e. The zero-order chi connectivity index (χ0) is 13.0. The first-order chi connectivity index (χ1) is 8.01. The molecule has 0 saturated carbocycles. The Morgan fingerprint density at radius 3 is 2.59 bits per heavy atom. The summed E-state index contributed by atoms with van der Waals surface area (Å²) in [5, 5.41) is 9.16. The van der Waals surface area contributed by atoms with Crippen LogP contribution >= 0.6 is 11.8 Å². The number of rotatable bonds is 5. The Hall–Kier alpha value is -0.710. The molecule has 17 heavy (non-hydrogen) atoms.